The van der Waals surface area contributed by atoms with Gasteiger partial charge in [0.1, 0.15) is 17.2 Å². The maximum atomic E-state index is 15.3. The number of rotatable bonds is 5. The van der Waals surface area contributed by atoms with Gasteiger partial charge in [0.25, 0.3) is 11.5 Å². The molecular formula is C31H24FN9O2. The Morgan fingerprint density at radius 2 is 1.95 bits per heavy atom. The molecule has 4 heterocycles. The molecular weight excluding hydrogens is 549 g/mol. The van der Waals surface area contributed by atoms with Crippen molar-refractivity contribution in [1.82, 2.24) is 39.2 Å². The molecule has 0 saturated heterocycles. The fraction of sp³-hybridized carbons (Fsp3) is 0.161. The van der Waals surface area contributed by atoms with Crippen molar-refractivity contribution in [1.29, 1.82) is 0 Å². The van der Waals surface area contributed by atoms with Gasteiger partial charge in [-0.1, -0.05) is 30.0 Å². The lowest BCUT2D eigenvalue weighted by atomic mass is 10.1. The van der Waals surface area contributed by atoms with E-state index in [2.05, 4.69) is 32.3 Å². The third kappa shape index (κ3) is 4.66. The summed E-state index contributed by atoms with van der Waals surface area (Å²) in [4.78, 5) is 36.6. The number of aromatic nitrogens is 7. The van der Waals surface area contributed by atoms with E-state index in [4.69, 9.17) is 10.7 Å². The smallest absolute Gasteiger partial charge is 0.267 e. The first kappa shape index (κ1) is 26.1. The molecule has 0 radical (unpaired) electrons. The van der Waals surface area contributed by atoms with Crippen molar-refractivity contribution >= 4 is 28.3 Å². The van der Waals surface area contributed by atoms with Crippen molar-refractivity contribution in [2.75, 3.05) is 5.73 Å². The van der Waals surface area contributed by atoms with Crippen LogP contribution < -0.4 is 16.6 Å². The number of amides is 1. The Kier molecular flexibility index (Phi) is 6.20. The van der Waals surface area contributed by atoms with Crippen LogP contribution in [0.2, 0.25) is 0 Å². The number of nitrogen functional groups attached to an aromatic ring is 1. The molecule has 1 fully saturated rings. The van der Waals surface area contributed by atoms with Crippen LogP contribution in [0, 0.1) is 17.7 Å². The summed E-state index contributed by atoms with van der Waals surface area (Å²) in [5.41, 5.74) is 7.21. The quantitative estimate of drug-likeness (QED) is 0.301. The minimum atomic E-state index is -0.782. The summed E-state index contributed by atoms with van der Waals surface area (Å²) in [6.45, 7) is 1.70. The van der Waals surface area contributed by atoms with Crippen LogP contribution in [-0.2, 0) is 0 Å². The van der Waals surface area contributed by atoms with E-state index in [9.17, 15) is 9.59 Å². The maximum Gasteiger partial charge on any atom is 0.267 e. The molecule has 0 aliphatic heterocycles. The molecule has 3 N–H and O–H groups in total. The van der Waals surface area contributed by atoms with Crippen molar-refractivity contribution < 1.29 is 9.18 Å². The number of carbonyl (C=O) groups excluding carboxylic acids is 1. The second-order valence-corrected chi connectivity index (χ2v) is 10.3. The Balaban J connectivity index is 1.34. The van der Waals surface area contributed by atoms with Gasteiger partial charge < -0.3 is 11.1 Å². The second-order valence-electron chi connectivity index (χ2n) is 10.3. The Hall–Kier alpha value is -5.83. The number of nitrogens with two attached hydrogens (primary N) is 1. The highest BCUT2D eigenvalue weighted by Crippen LogP contribution is 2.34. The zero-order chi connectivity index (χ0) is 29.7. The molecule has 0 bridgehead atoms. The molecule has 2 aromatic carbocycles. The highest BCUT2D eigenvalue weighted by molar-refractivity contribution is 6.04. The standard InChI is InChI=1S/C31H24FN9O2/c1-18(36-30(42)26-27(33)38-39-15-5-14-34-29(26)39)28-37-24-13-12-23(32)22(11-8-19-16-35-40(17-19)20-9-10-20)25(24)31(43)41(28)21-6-3-2-4-7-21/h2-7,12-18,20H,9-10H2,1H3,(H2,33,38)(H,36,42)/t18-/m0/s1. The van der Waals surface area contributed by atoms with Gasteiger partial charge in [-0.15, -0.1) is 5.10 Å². The summed E-state index contributed by atoms with van der Waals surface area (Å²) in [5.74, 6) is 4.87. The fourth-order valence-corrected chi connectivity index (χ4v) is 5.04. The molecule has 7 rings (SSSR count). The van der Waals surface area contributed by atoms with Crippen LogP contribution in [0.4, 0.5) is 10.2 Å². The van der Waals surface area contributed by atoms with Crippen LogP contribution in [0.25, 0.3) is 22.2 Å². The zero-order valence-corrected chi connectivity index (χ0v) is 22.9. The molecule has 1 saturated carbocycles. The molecule has 12 heteroatoms. The van der Waals surface area contributed by atoms with E-state index in [0.29, 0.717) is 17.3 Å². The Morgan fingerprint density at radius 3 is 2.74 bits per heavy atom. The van der Waals surface area contributed by atoms with Crippen LogP contribution in [0.5, 0.6) is 0 Å². The Morgan fingerprint density at radius 1 is 1.14 bits per heavy atom. The van der Waals surface area contributed by atoms with Crippen molar-refractivity contribution in [2.24, 2.45) is 0 Å². The number of fused-ring (bicyclic) bond motifs is 2. The zero-order valence-electron chi connectivity index (χ0n) is 22.9. The number of para-hydroxylation sites is 1. The number of anilines is 1. The number of halogens is 1. The number of nitrogens with one attached hydrogen (secondary N) is 1. The average molecular weight is 574 g/mol. The summed E-state index contributed by atoms with van der Waals surface area (Å²) in [6, 6.07) is 12.8. The molecule has 4 aromatic heterocycles. The highest BCUT2D eigenvalue weighted by Gasteiger charge is 2.26. The number of hydrogen-bond donors (Lipinski definition) is 2. The van der Waals surface area contributed by atoms with Crippen LogP contribution >= 0.6 is 0 Å². The lowest BCUT2D eigenvalue weighted by Crippen LogP contribution is -2.33. The van der Waals surface area contributed by atoms with Gasteiger partial charge in [-0.3, -0.25) is 18.8 Å². The van der Waals surface area contributed by atoms with E-state index >= 15 is 4.39 Å². The molecule has 1 aliphatic carbocycles. The molecule has 1 aliphatic rings. The van der Waals surface area contributed by atoms with Crippen LogP contribution in [0.15, 0.2) is 78.1 Å². The first-order valence-electron chi connectivity index (χ1n) is 13.7. The van der Waals surface area contributed by atoms with E-state index < -0.39 is 23.3 Å². The molecule has 6 aromatic rings. The second kappa shape index (κ2) is 10.2. The minimum Gasteiger partial charge on any atom is -0.381 e. The topological polar surface area (TPSA) is 138 Å². The van der Waals surface area contributed by atoms with Gasteiger partial charge in [-0.05, 0) is 50.1 Å². The first-order valence-corrected chi connectivity index (χ1v) is 13.7. The van der Waals surface area contributed by atoms with E-state index in [-0.39, 0.29) is 39.3 Å². The number of nitrogens with zero attached hydrogens (tertiary/aromatic N) is 7. The Bertz CT molecular complexity index is 2170. The lowest BCUT2D eigenvalue weighted by molar-refractivity contribution is 0.0940. The number of benzene rings is 2. The monoisotopic (exact) mass is 573 g/mol. The minimum absolute atomic E-state index is 0.0108. The molecule has 11 nitrogen and oxygen atoms in total. The molecule has 1 amide bonds. The van der Waals surface area contributed by atoms with Gasteiger partial charge in [0.2, 0.25) is 0 Å². The van der Waals surface area contributed by atoms with E-state index in [1.54, 1.807) is 49.6 Å². The molecule has 1 atom stereocenters. The highest BCUT2D eigenvalue weighted by atomic mass is 19.1. The summed E-state index contributed by atoms with van der Waals surface area (Å²) in [7, 11) is 0. The summed E-state index contributed by atoms with van der Waals surface area (Å²) in [6.07, 6.45) is 8.76. The van der Waals surface area contributed by atoms with E-state index in [1.807, 2.05) is 16.9 Å². The molecule has 212 valence electrons. The van der Waals surface area contributed by atoms with Crippen molar-refractivity contribution in [3.63, 3.8) is 0 Å². The van der Waals surface area contributed by atoms with Crippen molar-refractivity contribution in [3.05, 3.63) is 112 Å². The van der Waals surface area contributed by atoms with E-state index in [0.717, 1.165) is 12.8 Å². The Labute approximate surface area is 243 Å². The number of carbonyl (C=O) groups is 1. The third-order valence-electron chi connectivity index (χ3n) is 7.27. The average Bonchev–Trinajstić information content (AvgIpc) is 3.65. The largest absolute Gasteiger partial charge is 0.381 e. The maximum absolute atomic E-state index is 15.3. The van der Waals surface area contributed by atoms with Crippen molar-refractivity contribution in [2.45, 2.75) is 31.8 Å². The predicted molar refractivity (Wildman–Crippen MR) is 157 cm³/mol. The van der Waals surface area contributed by atoms with Crippen LogP contribution in [-0.4, -0.2) is 39.8 Å². The summed E-state index contributed by atoms with van der Waals surface area (Å²) in [5, 5.41) is 11.4. The molecule has 0 spiro atoms. The fourth-order valence-electron chi connectivity index (χ4n) is 5.04. The van der Waals surface area contributed by atoms with Gasteiger partial charge in [0.05, 0.1) is 46.0 Å². The molecule has 43 heavy (non-hydrogen) atoms. The first-order chi connectivity index (χ1) is 20.9. The summed E-state index contributed by atoms with van der Waals surface area (Å²) >= 11 is 0. The third-order valence-corrected chi connectivity index (χ3v) is 7.27. The van der Waals surface area contributed by atoms with Gasteiger partial charge in [0, 0.05) is 18.6 Å². The van der Waals surface area contributed by atoms with E-state index in [1.165, 1.54) is 27.4 Å². The lowest BCUT2D eigenvalue weighted by Gasteiger charge is -2.20. The van der Waals surface area contributed by atoms with Gasteiger partial charge in [-0.25, -0.2) is 18.9 Å². The van der Waals surface area contributed by atoms with Crippen LogP contribution in [0.1, 0.15) is 59.2 Å². The van der Waals surface area contributed by atoms with Gasteiger partial charge in [0.15, 0.2) is 11.5 Å². The summed E-state index contributed by atoms with van der Waals surface area (Å²) < 4.78 is 19.9. The normalized spacial score (nSPS) is 13.5. The van der Waals surface area contributed by atoms with Crippen molar-refractivity contribution in [3.8, 4) is 17.5 Å². The molecule has 0 unspecified atom stereocenters. The van der Waals surface area contributed by atoms with Crippen LogP contribution in [0.3, 0.4) is 0 Å². The predicted octanol–water partition coefficient (Wildman–Crippen LogP) is 3.57. The van der Waals surface area contributed by atoms with Gasteiger partial charge >= 0.3 is 0 Å². The SMILES string of the molecule is C[C@H](NC(=O)c1c(N)nn2cccnc12)c1nc2ccc(F)c(C#Cc3cnn(C4CC4)c3)c2c(=O)n1-c1ccccc1. The number of hydrogen-bond acceptors (Lipinski definition) is 7. The van der Waals surface area contributed by atoms with Gasteiger partial charge in [-0.2, -0.15) is 5.10 Å².